The summed E-state index contributed by atoms with van der Waals surface area (Å²) in [5, 5.41) is 2.92. The van der Waals surface area contributed by atoms with Crippen molar-refractivity contribution in [2.24, 2.45) is 0 Å². The van der Waals surface area contributed by atoms with Gasteiger partial charge in [0.15, 0.2) is 5.58 Å². The minimum absolute atomic E-state index is 0.182. The first kappa shape index (κ1) is 17.2. The first-order chi connectivity index (χ1) is 12.1. The van der Waals surface area contributed by atoms with Gasteiger partial charge in [-0.25, -0.2) is 4.98 Å². The molecule has 0 aliphatic rings. The lowest BCUT2D eigenvalue weighted by molar-refractivity contribution is -0.115. The van der Waals surface area contributed by atoms with E-state index in [0.717, 1.165) is 5.52 Å². The fourth-order valence-electron chi connectivity index (χ4n) is 2.25. The van der Waals surface area contributed by atoms with Gasteiger partial charge >= 0.3 is 0 Å². The molecule has 1 heterocycles. The van der Waals surface area contributed by atoms with Crippen LogP contribution in [0.2, 0.25) is 0 Å². The zero-order valence-electron chi connectivity index (χ0n) is 14.1. The van der Waals surface area contributed by atoms with Gasteiger partial charge in [0.1, 0.15) is 17.0 Å². The van der Waals surface area contributed by atoms with E-state index in [0.29, 0.717) is 28.0 Å². The number of aromatic nitrogens is 1. The highest BCUT2D eigenvalue weighted by Gasteiger charge is 2.19. The molecule has 3 rings (SSSR count). The molecule has 0 aliphatic heterocycles. The smallest absolute Gasteiger partial charge is 0.257 e. The topological polar surface area (TPSA) is 73.6 Å². The number of hydrogen-bond acceptors (Lipinski definition) is 6. The number of fused-ring (bicyclic) bond motifs is 1. The highest BCUT2D eigenvalue weighted by molar-refractivity contribution is 8.00. The Hall–Kier alpha value is -2.67. The molecule has 0 spiro atoms. The number of anilines is 1. The molecule has 130 valence electrons. The average molecular weight is 358 g/mol. The number of benzene rings is 2. The number of para-hydroxylation sites is 2. The van der Waals surface area contributed by atoms with Crippen molar-refractivity contribution < 1.29 is 18.7 Å². The van der Waals surface area contributed by atoms with Gasteiger partial charge in [0.2, 0.25) is 5.91 Å². The molecule has 1 aromatic heterocycles. The van der Waals surface area contributed by atoms with E-state index in [1.165, 1.54) is 11.8 Å². The molecule has 6 nitrogen and oxygen atoms in total. The molecule has 1 atom stereocenters. The second-order valence-corrected chi connectivity index (χ2v) is 6.56. The molecule has 1 N–H and O–H groups in total. The summed E-state index contributed by atoms with van der Waals surface area (Å²) in [4.78, 5) is 16.9. The van der Waals surface area contributed by atoms with Crippen LogP contribution >= 0.6 is 11.8 Å². The van der Waals surface area contributed by atoms with Crippen LogP contribution in [-0.2, 0) is 4.79 Å². The number of rotatable bonds is 6. The van der Waals surface area contributed by atoms with Crippen LogP contribution in [0.4, 0.5) is 5.69 Å². The van der Waals surface area contributed by atoms with Crippen molar-refractivity contribution in [1.82, 2.24) is 4.98 Å². The maximum absolute atomic E-state index is 12.5. The van der Waals surface area contributed by atoms with Crippen molar-refractivity contribution in [3.63, 3.8) is 0 Å². The second kappa shape index (κ2) is 7.48. The summed E-state index contributed by atoms with van der Waals surface area (Å²) in [5.41, 5.74) is 2.02. The van der Waals surface area contributed by atoms with Crippen LogP contribution in [0.3, 0.4) is 0 Å². The Balaban J connectivity index is 1.72. The standard InChI is InChI=1S/C18H18N2O4S/c1-11(25-18-20-13-6-4-5-7-16(13)24-18)17(21)19-14-10-12(22-2)8-9-15(14)23-3/h4-11H,1-3H3,(H,19,21)/t11-/m0/s1. The summed E-state index contributed by atoms with van der Waals surface area (Å²) in [6.07, 6.45) is 0. The van der Waals surface area contributed by atoms with Crippen molar-refractivity contribution in [2.45, 2.75) is 17.4 Å². The Morgan fingerprint density at radius 1 is 1.20 bits per heavy atom. The Morgan fingerprint density at radius 2 is 2.00 bits per heavy atom. The minimum atomic E-state index is -0.399. The Labute approximate surface area is 149 Å². The molecule has 0 aliphatic carbocycles. The molecule has 0 unspecified atom stereocenters. The summed E-state index contributed by atoms with van der Waals surface area (Å²) >= 11 is 1.26. The predicted molar refractivity (Wildman–Crippen MR) is 97.5 cm³/mol. The molecule has 0 saturated carbocycles. The number of thioether (sulfide) groups is 1. The van der Waals surface area contributed by atoms with Crippen LogP contribution in [0.15, 0.2) is 52.1 Å². The molecule has 0 saturated heterocycles. The molecule has 25 heavy (non-hydrogen) atoms. The van der Waals surface area contributed by atoms with Gasteiger partial charge in [-0.2, -0.15) is 0 Å². The van der Waals surface area contributed by atoms with Crippen molar-refractivity contribution in [1.29, 1.82) is 0 Å². The molecule has 0 bridgehead atoms. The molecule has 7 heteroatoms. The van der Waals surface area contributed by atoms with Crippen LogP contribution in [0.1, 0.15) is 6.92 Å². The van der Waals surface area contributed by atoms with Gasteiger partial charge in [0.05, 0.1) is 25.2 Å². The molecular formula is C18H18N2O4S. The molecular weight excluding hydrogens is 340 g/mol. The van der Waals surface area contributed by atoms with Gasteiger partial charge in [-0.15, -0.1) is 0 Å². The third-order valence-electron chi connectivity index (χ3n) is 3.59. The Kier molecular flexibility index (Phi) is 5.14. The second-order valence-electron chi connectivity index (χ2n) is 5.26. The number of methoxy groups -OCH3 is 2. The normalized spacial score (nSPS) is 12.0. The van der Waals surface area contributed by atoms with Crippen molar-refractivity contribution >= 4 is 34.5 Å². The average Bonchev–Trinajstić information content (AvgIpc) is 3.03. The monoisotopic (exact) mass is 358 g/mol. The summed E-state index contributed by atoms with van der Waals surface area (Å²) in [7, 11) is 3.12. The number of hydrogen-bond donors (Lipinski definition) is 1. The summed E-state index contributed by atoms with van der Waals surface area (Å²) in [6, 6.07) is 12.7. The largest absolute Gasteiger partial charge is 0.497 e. The van der Waals surface area contributed by atoms with Crippen LogP contribution < -0.4 is 14.8 Å². The number of carbonyl (C=O) groups excluding carboxylic acids is 1. The van der Waals surface area contributed by atoms with E-state index in [1.807, 2.05) is 24.3 Å². The minimum Gasteiger partial charge on any atom is -0.497 e. The molecule has 2 aromatic carbocycles. The maximum atomic E-state index is 12.5. The number of nitrogens with zero attached hydrogens (tertiary/aromatic N) is 1. The highest BCUT2D eigenvalue weighted by atomic mass is 32.2. The van der Waals surface area contributed by atoms with Crippen LogP contribution in [0.5, 0.6) is 11.5 Å². The predicted octanol–water partition coefficient (Wildman–Crippen LogP) is 3.96. The van der Waals surface area contributed by atoms with E-state index < -0.39 is 5.25 Å². The molecule has 1 amide bonds. The third kappa shape index (κ3) is 3.88. The van der Waals surface area contributed by atoms with E-state index in [9.17, 15) is 4.79 Å². The summed E-state index contributed by atoms with van der Waals surface area (Å²) in [6.45, 7) is 1.79. The zero-order chi connectivity index (χ0) is 17.8. The van der Waals surface area contributed by atoms with Gasteiger partial charge in [-0.05, 0) is 31.2 Å². The van der Waals surface area contributed by atoms with Gasteiger partial charge in [0.25, 0.3) is 5.22 Å². The zero-order valence-corrected chi connectivity index (χ0v) is 14.9. The lowest BCUT2D eigenvalue weighted by Gasteiger charge is -2.14. The van der Waals surface area contributed by atoms with Gasteiger partial charge < -0.3 is 19.2 Å². The van der Waals surface area contributed by atoms with E-state index in [1.54, 1.807) is 39.3 Å². The molecule has 0 fully saturated rings. The fraction of sp³-hybridized carbons (Fsp3) is 0.222. The van der Waals surface area contributed by atoms with Crippen LogP contribution in [0.25, 0.3) is 11.1 Å². The van der Waals surface area contributed by atoms with Crippen molar-refractivity contribution in [3.05, 3.63) is 42.5 Å². The number of carbonyl (C=O) groups is 1. The number of oxazole rings is 1. The number of amides is 1. The summed E-state index contributed by atoms with van der Waals surface area (Å²) < 4.78 is 16.1. The van der Waals surface area contributed by atoms with Crippen molar-refractivity contribution in [3.8, 4) is 11.5 Å². The number of ether oxygens (including phenoxy) is 2. The van der Waals surface area contributed by atoms with Crippen molar-refractivity contribution in [2.75, 3.05) is 19.5 Å². The van der Waals surface area contributed by atoms with E-state index in [4.69, 9.17) is 13.9 Å². The quantitative estimate of drug-likeness (QED) is 0.672. The Morgan fingerprint density at radius 3 is 2.72 bits per heavy atom. The lowest BCUT2D eigenvalue weighted by Crippen LogP contribution is -2.22. The van der Waals surface area contributed by atoms with E-state index in [2.05, 4.69) is 10.3 Å². The number of nitrogens with one attached hydrogen (secondary N) is 1. The van der Waals surface area contributed by atoms with Crippen LogP contribution in [0, 0.1) is 0 Å². The van der Waals surface area contributed by atoms with Crippen LogP contribution in [-0.4, -0.2) is 30.4 Å². The lowest BCUT2D eigenvalue weighted by atomic mass is 10.2. The third-order valence-corrected chi connectivity index (χ3v) is 4.53. The molecule has 0 radical (unpaired) electrons. The first-order valence-corrected chi connectivity index (χ1v) is 8.54. The highest BCUT2D eigenvalue weighted by Crippen LogP contribution is 2.31. The Bertz CT molecular complexity index is 861. The van der Waals surface area contributed by atoms with Gasteiger partial charge in [-0.1, -0.05) is 23.9 Å². The maximum Gasteiger partial charge on any atom is 0.257 e. The van der Waals surface area contributed by atoms with E-state index in [-0.39, 0.29) is 5.91 Å². The van der Waals surface area contributed by atoms with E-state index >= 15 is 0 Å². The molecule has 3 aromatic rings. The fourth-order valence-corrected chi connectivity index (χ4v) is 3.01. The SMILES string of the molecule is COc1ccc(OC)c(NC(=O)[C@H](C)Sc2nc3ccccc3o2)c1. The van der Waals surface area contributed by atoms with Gasteiger partial charge in [0, 0.05) is 6.07 Å². The summed E-state index contributed by atoms with van der Waals surface area (Å²) in [5.74, 6) is 1.02. The van der Waals surface area contributed by atoms with Gasteiger partial charge in [-0.3, -0.25) is 4.79 Å². The first-order valence-electron chi connectivity index (χ1n) is 7.66.